The van der Waals surface area contributed by atoms with Gasteiger partial charge >= 0.3 is 0 Å². The van der Waals surface area contributed by atoms with E-state index in [0.717, 1.165) is 38.9 Å². The van der Waals surface area contributed by atoms with E-state index in [-0.39, 0.29) is 24.1 Å². The van der Waals surface area contributed by atoms with Crippen LogP contribution in [0.1, 0.15) is 25.3 Å². The van der Waals surface area contributed by atoms with Gasteiger partial charge in [0, 0.05) is 19.6 Å². The first-order chi connectivity index (χ1) is 13.6. The van der Waals surface area contributed by atoms with Crippen LogP contribution in [0.2, 0.25) is 0 Å². The molecule has 2 fully saturated rings. The van der Waals surface area contributed by atoms with Gasteiger partial charge in [0.1, 0.15) is 11.9 Å². The zero-order valence-corrected chi connectivity index (χ0v) is 17.5. The van der Waals surface area contributed by atoms with Crippen LogP contribution in [0.25, 0.3) is 0 Å². The maximum atomic E-state index is 14.3. The molecular weight excluding hydrogens is 391 g/mol. The Labute approximate surface area is 178 Å². The molecule has 4 nitrogen and oxygen atoms in total. The van der Waals surface area contributed by atoms with Gasteiger partial charge in [0.2, 0.25) is 0 Å². The van der Waals surface area contributed by atoms with Crippen LogP contribution in [-0.4, -0.2) is 48.7 Å². The van der Waals surface area contributed by atoms with Crippen LogP contribution in [0.15, 0.2) is 54.6 Å². The fraction of sp³-hybridized carbons (Fsp3) is 0.435. The number of rotatable bonds is 4. The number of hydrogen-bond acceptors (Lipinski definition) is 3. The summed E-state index contributed by atoms with van der Waals surface area (Å²) in [7, 11) is 0. The van der Waals surface area contributed by atoms with Gasteiger partial charge in [-0.05, 0) is 43.9 Å². The fourth-order valence-electron chi connectivity index (χ4n) is 4.31. The van der Waals surface area contributed by atoms with Gasteiger partial charge in [-0.15, -0.1) is 12.4 Å². The third kappa shape index (κ3) is 4.80. The predicted octanol–water partition coefficient (Wildman–Crippen LogP) is 4.08. The quantitative estimate of drug-likeness (QED) is 0.750. The zero-order chi connectivity index (χ0) is 19.6. The number of halogens is 2. The molecule has 1 spiro atoms. The molecule has 0 aliphatic carbocycles. The molecule has 2 heterocycles. The fourth-order valence-corrected chi connectivity index (χ4v) is 4.31. The van der Waals surface area contributed by atoms with Crippen LogP contribution in [0.5, 0.6) is 0 Å². The molecule has 6 heteroatoms. The maximum Gasteiger partial charge on any atom is 0.256 e. The van der Waals surface area contributed by atoms with Crippen molar-refractivity contribution in [2.24, 2.45) is 0 Å². The van der Waals surface area contributed by atoms with Gasteiger partial charge in [0.05, 0.1) is 17.8 Å². The standard InChI is InChI=1S/C23H27FN2O2.ClH/c1-18-22(27)26(21-10-6-5-9-20(21)24)17-23(28-18)12-15-25(16-13-23)14-11-19-7-3-2-4-8-19;/h2-10,18H,11-17H2,1H3;1H. The molecule has 0 N–H and O–H groups in total. The van der Waals surface area contributed by atoms with Gasteiger partial charge in [0.15, 0.2) is 0 Å². The molecule has 1 unspecified atom stereocenters. The summed E-state index contributed by atoms with van der Waals surface area (Å²) in [4.78, 5) is 16.7. The van der Waals surface area contributed by atoms with E-state index in [0.29, 0.717) is 12.2 Å². The summed E-state index contributed by atoms with van der Waals surface area (Å²) in [6.07, 6.45) is 2.18. The lowest BCUT2D eigenvalue weighted by Gasteiger charge is -2.49. The van der Waals surface area contributed by atoms with E-state index in [1.807, 2.05) is 6.07 Å². The SMILES string of the molecule is CC1OC2(CCN(CCc3ccccc3)CC2)CN(c2ccccc2F)C1=O.Cl. The Kier molecular flexibility index (Phi) is 6.93. The topological polar surface area (TPSA) is 32.8 Å². The summed E-state index contributed by atoms with van der Waals surface area (Å²) in [6, 6.07) is 17.0. The first-order valence-electron chi connectivity index (χ1n) is 10.1. The van der Waals surface area contributed by atoms with Crippen molar-refractivity contribution in [2.45, 2.75) is 37.9 Å². The summed E-state index contributed by atoms with van der Waals surface area (Å²) < 4.78 is 20.5. The highest BCUT2D eigenvalue weighted by Gasteiger charge is 2.46. The molecule has 2 aliphatic heterocycles. The van der Waals surface area contributed by atoms with Gasteiger partial charge in [-0.25, -0.2) is 4.39 Å². The van der Waals surface area contributed by atoms with Crippen molar-refractivity contribution in [1.29, 1.82) is 0 Å². The van der Waals surface area contributed by atoms with Crippen LogP contribution in [0.4, 0.5) is 10.1 Å². The molecule has 2 aromatic rings. The van der Waals surface area contributed by atoms with Gasteiger partial charge in [0.25, 0.3) is 5.91 Å². The summed E-state index contributed by atoms with van der Waals surface area (Å²) in [5.41, 5.74) is 1.31. The monoisotopic (exact) mass is 418 g/mol. The van der Waals surface area contributed by atoms with E-state index in [1.165, 1.54) is 11.6 Å². The van der Waals surface area contributed by atoms with Crippen LogP contribution in [-0.2, 0) is 16.0 Å². The molecule has 156 valence electrons. The third-order valence-corrected chi connectivity index (χ3v) is 5.96. The van der Waals surface area contributed by atoms with Crippen LogP contribution < -0.4 is 4.90 Å². The van der Waals surface area contributed by atoms with E-state index in [2.05, 4.69) is 29.2 Å². The van der Waals surface area contributed by atoms with Crippen molar-refractivity contribution >= 4 is 24.0 Å². The van der Waals surface area contributed by atoms with Crippen LogP contribution in [0, 0.1) is 5.82 Å². The molecule has 4 rings (SSSR count). The summed E-state index contributed by atoms with van der Waals surface area (Å²) in [6.45, 7) is 5.08. The van der Waals surface area contributed by atoms with Gasteiger partial charge in [-0.1, -0.05) is 42.5 Å². The molecule has 1 atom stereocenters. The van der Waals surface area contributed by atoms with Gasteiger partial charge in [-0.2, -0.15) is 0 Å². The number of ether oxygens (including phenoxy) is 1. The molecule has 29 heavy (non-hydrogen) atoms. The lowest BCUT2D eigenvalue weighted by atomic mass is 9.88. The minimum absolute atomic E-state index is 0. The number of benzene rings is 2. The van der Waals surface area contributed by atoms with Crippen molar-refractivity contribution < 1.29 is 13.9 Å². The van der Waals surface area contributed by atoms with E-state index in [9.17, 15) is 9.18 Å². The highest BCUT2D eigenvalue weighted by atomic mass is 35.5. The Hall–Kier alpha value is -1.95. The number of nitrogens with zero attached hydrogens (tertiary/aromatic N) is 2. The number of hydrogen-bond donors (Lipinski definition) is 0. The van der Waals surface area contributed by atoms with E-state index in [1.54, 1.807) is 30.0 Å². The molecular formula is C23H28ClFN2O2. The van der Waals surface area contributed by atoms with Crippen LogP contribution >= 0.6 is 12.4 Å². The second kappa shape index (κ2) is 9.24. The molecule has 2 saturated heterocycles. The largest absolute Gasteiger partial charge is 0.360 e. The van der Waals surface area contributed by atoms with E-state index < -0.39 is 11.7 Å². The van der Waals surface area contributed by atoms with Gasteiger partial charge < -0.3 is 14.5 Å². The predicted molar refractivity (Wildman–Crippen MR) is 115 cm³/mol. The lowest BCUT2D eigenvalue weighted by Crippen LogP contribution is -2.61. The Bertz CT molecular complexity index is 825. The lowest BCUT2D eigenvalue weighted by molar-refractivity contribution is -0.161. The number of carbonyl (C=O) groups excluding carboxylic acids is 1. The van der Waals surface area contributed by atoms with Crippen molar-refractivity contribution in [2.75, 3.05) is 31.1 Å². The minimum Gasteiger partial charge on any atom is -0.360 e. The molecule has 0 saturated carbocycles. The maximum absolute atomic E-state index is 14.3. The number of carbonyl (C=O) groups is 1. The Morgan fingerprint density at radius 3 is 2.41 bits per heavy atom. The Morgan fingerprint density at radius 2 is 1.72 bits per heavy atom. The minimum atomic E-state index is -0.552. The molecule has 1 amide bonds. The molecule has 2 aromatic carbocycles. The Balaban J connectivity index is 0.00000240. The molecule has 0 aromatic heterocycles. The first kappa shape index (κ1) is 21.8. The zero-order valence-electron chi connectivity index (χ0n) is 16.7. The summed E-state index contributed by atoms with van der Waals surface area (Å²) >= 11 is 0. The average molecular weight is 419 g/mol. The average Bonchev–Trinajstić information content (AvgIpc) is 2.72. The van der Waals surface area contributed by atoms with Crippen molar-refractivity contribution in [3.63, 3.8) is 0 Å². The number of morpholine rings is 1. The van der Waals surface area contributed by atoms with Crippen LogP contribution in [0.3, 0.4) is 0 Å². The second-order valence-corrected chi connectivity index (χ2v) is 7.90. The smallest absolute Gasteiger partial charge is 0.256 e. The molecule has 0 bridgehead atoms. The number of likely N-dealkylation sites (tertiary alicyclic amines) is 1. The second-order valence-electron chi connectivity index (χ2n) is 7.90. The summed E-state index contributed by atoms with van der Waals surface area (Å²) in [5.74, 6) is -0.525. The number of para-hydroxylation sites is 1. The van der Waals surface area contributed by atoms with Crippen molar-refractivity contribution in [3.8, 4) is 0 Å². The highest BCUT2D eigenvalue weighted by molar-refractivity contribution is 5.97. The highest BCUT2D eigenvalue weighted by Crippen LogP contribution is 2.35. The van der Waals surface area contributed by atoms with E-state index in [4.69, 9.17) is 4.74 Å². The summed E-state index contributed by atoms with van der Waals surface area (Å²) in [5, 5.41) is 0. The molecule has 2 aliphatic rings. The van der Waals surface area contributed by atoms with Gasteiger partial charge in [-0.3, -0.25) is 4.79 Å². The Morgan fingerprint density at radius 1 is 1.07 bits per heavy atom. The number of piperidine rings is 1. The van der Waals surface area contributed by atoms with Crippen molar-refractivity contribution in [1.82, 2.24) is 4.90 Å². The number of amides is 1. The number of anilines is 1. The first-order valence-corrected chi connectivity index (χ1v) is 10.1. The normalized spacial score (nSPS) is 21.8. The third-order valence-electron chi connectivity index (χ3n) is 5.96. The molecule has 0 radical (unpaired) electrons. The van der Waals surface area contributed by atoms with E-state index >= 15 is 0 Å². The van der Waals surface area contributed by atoms with Crippen molar-refractivity contribution in [3.05, 3.63) is 66.0 Å².